The van der Waals surface area contributed by atoms with Crippen molar-refractivity contribution in [1.29, 1.82) is 0 Å². The zero-order valence-corrected chi connectivity index (χ0v) is 3.78. The van der Waals surface area contributed by atoms with E-state index in [9.17, 15) is 0 Å². The van der Waals surface area contributed by atoms with E-state index in [1.165, 1.54) is 0 Å². The molecule has 0 unspecified atom stereocenters. The largest absolute Gasteiger partial charge is 3.00 e. The average Bonchev–Trinajstić information content (AvgIpc) is 0. The van der Waals surface area contributed by atoms with Gasteiger partial charge in [0.25, 0.3) is 0 Å². The predicted octanol–water partition coefficient (Wildman–Crippen LogP) is -0.749. The molecule has 0 aliphatic heterocycles. The van der Waals surface area contributed by atoms with E-state index in [0.29, 0.717) is 0 Å². The second-order valence-corrected chi connectivity index (χ2v) is 0. The van der Waals surface area contributed by atoms with Crippen LogP contribution in [0.1, 0.15) is 0 Å². The van der Waals surface area contributed by atoms with Crippen LogP contribution in [0.3, 0.4) is 0 Å². The first-order chi connectivity index (χ1) is 0. The van der Waals surface area contributed by atoms with Crippen molar-refractivity contribution in [3.8, 4) is 0 Å². The maximum absolute atomic E-state index is 0. The fourth-order valence-electron chi connectivity index (χ4n) is 0. The minimum absolute atomic E-state index is 0. The molecule has 0 atom stereocenters. The minimum Gasteiger partial charge on any atom is -0.870 e. The summed E-state index contributed by atoms with van der Waals surface area (Å²) in [5.41, 5.74) is 0. The Labute approximate surface area is 40.8 Å². The molecule has 0 aromatic heterocycles. The molecule has 0 aromatic carbocycles. The zero-order valence-electron chi connectivity index (χ0n) is 2.63. The Morgan fingerprint density at radius 2 is 0.600 bits per heavy atom. The summed E-state index contributed by atoms with van der Waals surface area (Å²) in [5.74, 6) is 0. The Kier molecular flexibility index (Phi) is 53100. The summed E-state index contributed by atoms with van der Waals surface area (Å²) in [6.45, 7) is 0. The van der Waals surface area contributed by atoms with Gasteiger partial charge in [0.2, 0.25) is 0 Å². The molecule has 0 radical (unpaired) electrons. The van der Waals surface area contributed by atoms with Crippen LogP contribution in [0.15, 0.2) is 0 Å². The first-order valence-corrected chi connectivity index (χ1v) is 0. The normalized spacial score (nSPS) is 0. The standard InChI is InChI=1S/Al.H3N.3H2O/h;1H3;3*1H2/q+3;;;;/p-3. The van der Waals surface area contributed by atoms with Crippen LogP contribution in [-0.4, -0.2) is 33.8 Å². The van der Waals surface area contributed by atoms with Crippen molar-refractivity contribution >= 4 is 17.4 Å². The molecule has 0 saturated heterocycles. The van der Waals surface area contributed by atoms with Crippen LogP contribution in [0.4, 0.5) is 0 Å². The summed E-state index contributed by atoms with van der Waals surface area (Å²) in [6, 6.07) is 0. The molecular formula is H6AlNO3. The Morgan fingerprint density at radius 1 is 0.600 bits per heavy atom. The van der Waals surface area contributed by atoms with E-state index in [4.69, 9.17) is 0 Å². The third-order valence-electron chi connectivity index (χ3n) is 0. The second kappa shape index (κ2) is 358. The smallest absolute Gasteiger partial charge is 0.870 e. The van der Waals surface area contributed by atoms with E-state index in [1.807, 2.05) is 0 Å². The summed E-state index contributed by atoms with van der Waals surface area (Å²) in [6.07, 6.45) is 0. The van der Waals surface area contributed by atoms with Gasteiger partial charge in [0.1, 0.15) is 0 Å². The van der Waals surface area contributed by atoms with Crippen molar-refractivity contribution in [3.05, 3.63) is 0 Å². The molecule has 4 nitrogen and oxygen atoms in total. The first kappa shape index (κ1) is 740. The van der Waals surface area contributed by atoms with Crippen LogP contribution >= 0.6 is 0 Å². The van der Waals surface area contributed by atoms with E-state index in [-0.39, 0.29) is 39.9 Å². The first-order valence-electron chi connectivity index (χ1n) is 0. The number of rotatable bonds is 0. The summed E-state index contributed by atoms with van der Waals surface area (Å²) in [5, 5.41) is 0. The molecule has 0 rings (SSSR count). The van der Waals surface area contributed by atoms with Crippen LogP contribution in [0, 0.1) is 0 Å². The fourth-order valence-corrected chi connectivity index (χ4v) is 0. The zero-order chi connectivity index (χ0) is 0. The molecule has 0 bridgehead atoms. The van der Waals surface area contributed by atoms with E-state index < -0.39 is 0 Å². The van der Waals surface area contributed by atoms with Gasteiger partial charge in [0.15, 0.2) is 0 Å². The molecule has 6 N–H and O–H groups in total. The topological polar surface area (TPSA) is 125 Å². The molecule has 32 valence electrons. The van der Waals surface area contributed by atoms with Crippen molar-refractivity contribution in [3.63, 3.8) is 0 Å². The van der Waals surface area contributed by atoms with E-state index in [1.54, 1.807) is 0 Å². The predicted molar refractivity (Wildman–Crippen MR) is 16.6 cm³/mol. The second-order valence-electron chi connectivity index (χ2n) is 0. The molecule has 0 aliphatic rings. The molecule has 0 aliphatic carbocycles. The van der Waals surface area contributed by atoms with E-state index in [0.717, 1.165) is 0 Å². The Morgan fingerprint density at radius 3 is 0.600 bits per heavy atom. The minimum atomic E-state index is 0. The van der Waals surface area contributed by atoms with Gasteiger partial charge in [-0.05, 0) is 0 Å². The number of hydrogen-bond acceptors (Lipinski definition) is 4. The number of hydrogen-bond donors (Lipinski definition) is 1. The third-order valence-corrected chi connectivity index (χ3v) is 0. The van der Waals surface area contributed by atoms with Gasteiger partial charge in [-0.2, -0.15) is 0 Å². The van der Waals surface area contributed by atoms with Gasteiger partial charge in [-0.3, -0.25) is 0 Å². The maximum atomic E-state index is 0. The maximum Gasteiger partial charge on any atom is 3.00 e. The third kappa shape index (κ3) is 177. The summed E-state index contributed by atoms with van der Waals surface area (Å²) < 4.78 is 0. The van der Waals surface area contributed by atoms with Gasteiger partial charge in [-0.15, -0.1) is 0 Å². The van der Waals surface area contributed by atoms with Crippen LogP contribution < -0.4 is 6.15 Å². The van der Waals surface area contributed by atoms with Crippen molar-refractivity contribution < 1.29 is 16.4 Å². The van der Waals surface area contributed by atoms with Crippen LogP contribution in [-0.2, 0) is 0 Å². The van der Waals surface area contributed by atoms with Crippen LogP contribution in [0.25, 0.3) is 0 Å². The van der Waals surface area contributed by atoms with Gasteiger partial charge in [-0.1, -0.05) is 0 Å². The monoisotopic (exact) mass is 95.0 g/mol. The molecule has 0 amide bonds. The van der Waals surface area contributed by atoms with Crippen molar-refractivity contribution in [2.45, 2.75) is 0 Å². The molecule has 0 spiro atoms. The molecule has 0 saturated carbocycles. The van der Waals surface area contributed by atoms with Crippen molar-refractivity contribution in [2.75, 3.05) is 0 Å². The fraction of sp³-hybridized carbons (Fsp3) is 0. The molecule has 0 heterocycles. The molecule has 5 heteroatoms. The van der Waals surface area contributed by atoms with Gasteiger partial charge in [-0.25, -0.2) is 0 Å². The summed E-state index contributed by atoms with van der Waals surface area (Å²) in [4.78, 5) is 0. The van der Waals surface area contributed by atoms with Crippen LogP contribution in [0.2, 0.25) is 0 Å². The van der Waals surface area contributed by atoms with Gasteiger partial charge in [0.05, 0.1) is 0 Å². The van der Waals surface area contributed by atoms with Gasteiger partial charge >= 0.3 is 17.4 Å². The Hall–Kier alpha value is 0.372. The molecule has 0 fully saturated rings. The van der Waals surface area contributed by atoms with E-state index >= 15 is 0 Å². The quantitative estimate of drug-likeness (QED) is 0.397. The van der Waals surface area contributed by atoms with Gasteiger partial charge < -0.3 is 22.6 Å². The molecule has 5 heavy (non-hydrogen) atoms. The summed E-state index contributed by atoms with van der Waals surface area (Å²) >= 11 is 0. The molecule has 0 aromatic rings. The van der Waals surface area contributed by atoms with E-state index in [2.05, 4.69) is 0 Å². The van der Waals surface area contributed by atoms with Crippen LogP contribution in [0.5, 0.6) is 0 Å². The molecular weight excluding hydrogens is 89.0 g/mol. The SMILES string of the molecule is N.[Al+3].[OH-].[OH-].[OH-]. The summed E-state index contributed by atoms with van der Waals surface area (Å²) in [7, 11) is 0. The Bertz CT molecular complexity index is 6.85. The average molecular weight is 95.0 g/mol. The van der Waals surface area contributed by atoms with Crippen molar-refractivity contribution in [1.82, 2.24) is 6.15 Å². The Balaban J connectivity index is 0. The van der Waals surface area contributed by atoms with Crippen molar-refractivity contribution in [2.24, 2.45) is 0 Å². The van der Waals surface area contributed by atoms with Gasteiger partial charge in [0, 0.05) is 0 Å².